The SMILES string of the molecule is NC(=O)c1nn(C(F)F)cc1NC(=O)c1coc(-c2ccnc(N)c2)n1. The van der Waals surface area contributed by atoms with E-state index in [-0.39, 0.29) is 27.8 Å². The largest absolute Gasteiger partial charge is 0.444 e. The normalized spacial score (nSPS) is 10.9. The number of rotatable bonds is 5. The molecule has 3 aromatic rings. The van der Waals surface area contributed by atoms with E-state index in [1.54, 1.807) is 6.07 Å². The number of oxazole rings is 1. The van der Waals surface area contributed by atoms with Crippen molar-refractivity contribution in [2.24, 2.45) is 5.73 Å². The molecule has 0 aliphatic carbocycles. The molecule has 12 heteroatoms. The van der Waals surface area contributed by atoms with Gasteiger partial charge in [-0.1, -0.05) is 0 Å². The third kappa shape index (κ3) is 3.33. The van der Waals surface area contributed by atoms with E-state index in [2.05, 4.69) is 20.4 Å². The summed E-state index contributed by atoms with van der Waals surface area (Å²) in [4.78, 5) is 31.3. The molecular formula is C14H11F2N7O3. The average molecular weight is 363 g/mol. The van der Waals surface area contributed by atoms with Crippen LogP contribution < -0.4 is 16.8 Å². The molecule has 10 nitrogen and oxygen atoms in total. The lowest BCUT2D eigenvalue weighted by Crippen LogP contribution is -2.18. The van der Waals surface area contributed by atoms with Crippen molar-refractivity contribution < 1.29 is 22.8 Å². The number of anilines is 2. The molecule has 0 atom stereocenters. The van der Waals surface area contributed by atoms with E-state index in [1.807, 2.05) is 0 Å². The van der Waals surface area contributed by atoms with E-state index >= 15 is 0 Å². The number of carbonyl (C=O) groups excluding carboxylic acids is 2. The first-order valence-corrected chi connectivity index (χ1v) is 7.01. The second kappa shape index (κ2) is 6.58. The zero-order valence-corrected chi connectivity index (χ0v) is 12.9. The van der Waals surface area contributed by atoms with Crippen LogP contribution in [0.2, 0.25) is 0 Å². The zero-order chi connectivity index (χ0) is 18.8. The third-order valence-corrected chi connectivity index (χ3v) is 3.18. The van der Waals surface area contributed by atoms with Crippen molar-refractivity contribution in [3.05, 3.63) is 42.2 Å². The lowest BCUT2D eigenvalue weighted by Gasteiger charge is -2.00. The number of hydrogen-bond donors (Lipinski definition) is 3. The van der Waals surface area contributed by atoms with Gasteiger partial charge in [0.2, 0.25) is 5.89 Å². The van der Waals surface area contributed by atoms with Crippen LogP contribution in [0.1, 0.15) is 27.5 Å². The van der Waals surface area contributed by atoms with Crippen molar-refractivity contribution >= 4 is 23.3 Å². The molecular weight excluding hydrogens is 352 g/mol. The van der Waals surface area contributed by atoms with Gasteiger partial charge in [0.05, 0.1) is 11.9 Å². The molecule has 3 aromatic heterocycles. The maximum Gasteiger partial charge on any atom is 0.333 e. The van der Waals surface area contributed by atoms with Crippen LogP contribution >= 0.6 is 0 Å². The molecule has 0 saturated carbocycles. The zero-order valence-electron chi connectivity index (χ0n) is 12.9. The molecule has 0 fully saturated rings. The average Bonchev–Trinajstić information content (AvgIpc) is 3.22. The van der Waals surface area contributed by atoms with Crippen LogP contribution in [0, 0.1) is 0 Å². The summed E-state index contributed by atoms with van der Waals surface area (Å²) in [6, 6.07) is 3.06. The number of primary amides is 1. The Morgan fingerprint density at radius 2 is 2.12 bits per heavy atom. The molecule has 0 spiro atoms. The summed E-state index contributed by atoms with van der Waals surface area (Å²) in [5.74, 6) is -1.55. The molecule has 0 aliphatic rings. The van der Waals surface area contributed by atoms with Crippen LogP contribution in [-0.2, 0) is 0 Å². The van der Waals surface area contributed by atoms with E-state index in [4.69, 9.17) is 15.9 Å². The second-order valence-corrected chi connectivity index (χ2v) is 4.97. The van der Waals surface area contributed by atoms with Gasteiger partial charge < -0.3 is 21.2 Å². The van der Waals surface area contributed by atoms with Crippen molar-refractivity contribution in [3.63, 3.8) is 0 Å². The van der Waals surface area contributed by atoms with E-state index in [9.17, 15) is 18.4 Å². The smallest absolute Gasteiger partial charge is 0.333 e. The highest BCUT2D eigenvalue weighted by Crippen LogP contribution is 2.22. The maximum atomic E-state index is 12.7. The Morgan fingerprint density at radius 1 is 1.35 bits per heavy atom. The molecule has 26 heavy (non-hydrogen) atoms. The standard InChI is InChI=1S/C14H11F2N7O3/c15-14(16)23-4-7(10(22-23)11(18)24)20-12(25)8-5-26-13(21-8)6-1-2-19-9(17)3-6/h1-5,14H,(H2,17,19)(H2,18,24)(H,20,25). The van der Waals surface area contributed by atoms with Crippen molar-refractivity contribution in [3.8, 4) is 11.5 Å². The fourth-order valence-corrected chi connectivity index (χ4v) is 2.04. The number of nitrogens with zero attached hydrogens (tertiary/aromatic N) is 4. The van der Waals surface area contributed by atoms with Gasteiger partial charge in [-0.3, -0.25) is 9.59 Å². The number of carbonyl (C=O) groups is 2. The molecule has 0 aromatic carbocycles. The third-order valence-electron chi connectivity index (χ3n) is 3.18. The molecule has 0 aliphatic heterocycles. The predicted molar refractivity (Wildman–Crippen MR) is 84.1 cm³/mol. The highest BCUT2D eigenvalue weighted by Gasteiger charge is 2.21. The van der Waals surface area contributed by atoms with E-state index in [1.165, 1.54) is 12.3 Å². The quantitative estimate of drug-likeness (QED) is 0.616. The Labute approximate surface area is 143 Å². The van der Waals surface area contributed by atoms with Crippen LogP contribution in [0.5, 0.6) is 0 Å². The maximum absolute atomic E-state index is 12.7. The number of nitrogens with one attached hydrogen (secondary N) is 1. The van der Waals surface area contributed by atoms with Crippen molar-refractivity contribution in [2.45, 2.75) is 6.55 Å². The number of halogens is 2. The first-order valence-electron chi connectivity index (χ1n) is 7.01. The monoisotopic (exact) mass is 363 g/mol. The molecule has 2 amide bonds. The number of aromatic nitrogens is 4. The Bertz CT molecular complexity index is 983. The molecule has 0 saturated heterocycles. The fraction of sp³-hybridized carbons (Fsp3) is 0.0714. The summed E-state index contributed by atoms with van der Waals surface area (Å²) < 4.78 is 30.8. The molecule has 3 heterocycles. The van der Waals surface area contributed by atoms with E-state index in [0.717, 1.165) is 12.5 Å². The van der Waals surface area contributed by atoms with Crippen molar-refractivity contribution in [2.75, 3.05) is 11.1 Å². The van der Waals surface area contributed by atoms with Gasteiger partial charge in [0.25, 0.3) is 11.8 Å². The first-order chi connectivity index (χ1) is 12.3. The molecule has 0 radical (unpaired) electrons. The minimum absolute atomic E-state index is 0.0997. The number of nitrogen functional groups attached to an aromatic ring is 1. The highest BCUT2D eigenvalue weighted by molar-refractivity contribution is 6.07. The first kappa shape index (κ1) is 17.0. The van der Waals surface area contributed by atoms with Gasteiger partial charge in [0.1, 0.15) is 12.1 Å². The Morgan fingerprint density at radius 3 is 2.77 bits per heavy atom. The van der Waals surface area contributed by atoms with Crippen LogP contribution in [0.4, 0.5) is 20.3 Å². The summed E-state index contributed by atoms with van der Waals surface area (Å²) in [6.45, 7) is -3.01. The van der Waals surface area contributed by atoms with Gasteiger partial charge in [-0.05, 0) is 12.1 Å². The van der Waals surface area contributed by atoms with Crippen LogP contribution in [-0.4, -0.2) is 31.6 Å². The summed E-state index contributed by atoms with van der Waals surface area (Å²) in [7, 11) is 0. The Balaban J connectivity index is 1.84. The second-order valence-electron chi connectivity index (χ2n) is 4.97. The van der Waals surface area contributed by atoms with Crippen LogP contribution in [0.25, 0.3) is 11.5 Å². The summed E-state index contributed by atoms with van der Waals surface area (Å²) in [6.07, 6.45) is 3.28. The van der Waals surface area contributed by atoms with Crippen LogP contribution in [0.15, 0.2) is 35.2 Å². The number of alkyl halides is 2. The summed E-state index contributed by atoms with van der Waals surface area (Å²) in [5, 5.41) is 5.57. The summed E-state index contributed by atoms with van der Waals surface area (Å²) >= 11 is 0. The Kier molecular flexibility index (Phi) is 4.31. The molecule has 134 valence electrons. The fourth-order valence-electron chi connectivity index (χ4n) is 2.04. The van der Waals surface area contributed by atoms with Gasteiger partial charge in [0.15, 0.2) is 11.4 Å². The van der Waals surface area contributed by atoms with Gasteiger partial charge in [-0.25, -0.2) is 14.6 Å². The summed E-state index contributed by atoms with van der Waals surface area (Å²) in [5.41, 5.74) is 10.2. The molecule has 5 N–H and O–H groups in total. The number of hydrogen-bond acceptors (Lipinski definition) is 7. The lowest BCUT2D eigenvalue weighted by molar-refractivity contribution is 0.0561. The lowest BCUT2D eigenvalue weighted by atomic mass is 10.2. The minimum atomic E-state index is -3.01. The van der Waals surface area contributed by atoms with Gasteiger partial charge in [-0.15, -0.1) is 0 Å². The molecule has 0 bridgehead atoms. The molecule has 3 rings (SSSR count). The van der Waals surface area contributed by atoms with Crippen molar-refractivity contribution in [1.29, 1.82) is 0 Å². The number of pyridine rings is 1. The number of amides is 2. The van der Waals surface area contributed by atoms with E-state index in [0.29, 0.717) is 5.56 Å². The topological polar surface area (TPSA) is 155 Å². The van der Waals surface area contributed by atoms with Crippen LogP contribution in [0.3, 0.4) is 0 Å². The van der Waals surface area contributed by atoms with E-state index < -0.39 is 24.1 Å². The Hall–Kier alpha value is -3.83. The molecule has 0 unspecified atom stereocenters. The van der Waals surface area contributed by atoms with Crippen molar-refractivity contribution in [1.82, 2.24) is 19.7 Å². The van der Waals surface area contributed by atoms with Gasteiger partial charge >= 0.3 is 6.55 Å². The van der Waals surface area contributed by atoms with Gasteiger partial charge in [-0.2, -0.15) is 13.9 Å². The predicted octanol–water partition coefficient (Wildman–Crippen LogP) is 1.26. The number of nitrogens with two attached hydrogens (primary N) is 2. The van der Waals surface area contributed by atoms with Gasteiger partial charge in [0, 0.05) is 11.8 Å². The highest BCUT2D eigenvalue weighted by atomic mass is 19.3. The minimum Gasteiger partial charge on any atom is -0.444 e.